The van der Waals surface area contributed by atoms with E-state index >= 15 is 0 Å². The summed E-state index contributed by atoms with van der Waals surface area (Å²) in [6, 6.07) is 9.17. The fourth-order valence-corrected chi connectivity index (χ4v) is 1.35. The molecule has 5 heteroatoms. The highest BCUT2D eigenvalue weighted by molar-refractivity contribution is 6.01. The van der Waals surface area contributed by atoms with E-state index in [4.69, 9.17) is 0 Å². The summed E-state index contributed by atoms with van der Waals surface area (Å²) in [6.45, 7) is 0.459. The Labute approximate surface area is 87.1 Å². The van der Waals surface area contributed by atoms with E-state index in [1.165, 1.54) is 4.90 Å². The summed E-state index contributed by atoms with van der Waals surface area (Å²) in [5, 5.41) is 5.26. The zero-order chi connectivity index (χ0) is 10.7. The number of hydrogen-bond acceptors (Lipinski definition) is 3. The van der Waals surface area contributed by atoms with E-state index in [2.05, 4.69) is 10.6 Å². The molecule has 0 saturated carbocycles. The molecule has 3 amide bonds. The van der Waals surface area contributed by atoms with Gasteiger partial charge in [-0.05, 0) is 12.1 Å². The molecule has 78 valence electrons. The van der Waals surface area contributed by atoms with E-state index < -0.39 is 0 Å². The quantitative estimate of drug-likeness (QED) is 0.710. The molecule has 15 heavy (non-hydrogen) atoms. The van der Waals surface area contributed by atoms with Crippen LogP contribution in [0.3, 0.4) is 0 Å². The van der Waals surface area contributed by atoms with Crippen LogP contribution in [0.25, 0.3) is 0 Å². The monoisotopic (exact) mass is 205 g/mol. The van der Waals surface area contributed by atoms with Gasteiger partial charge in [0.15, 0.2) is 0 Å². The molecule has 1 aromatic rings. The number of nitrogens with one attached hydrogen (secondary N) is 2. The number of amides is 3. The van der Waals surface area contributed by atoms with E-state index in [1.54, 1.807) is 0 Å². The topological polar surface area (TPSA) is 61.4 Å². The zero-order valence-electron chi connectivity index (χ0n) is 8.06. The van der Waals surface area contributed by atoms with Crippen LogP contribution in [0.1, 0.15) is 0 Å². The number of hydrogen-bond donors (Lipinski definition) is 2. The molecule has 1 aromatic carbocycles. The molecular weight excluding hydrogens is 194 g/mol. The molecule has 0 unspecified atom stereocenters. The van der Waals surface area contributed by atoms with Crippen LogP contribution in [0.5, 0.6) is 0 Å². The van der Waals surface area contributed by atoms with Crippen molar-refractivity contribution in [3.05, 3.63) is 30.3 Å². The first-order chi connectivity index (χ1) is 7.25. The summed E-state index contributed by atoms with van der Waals surface area (Å²) >= 11 is 0. The summed E-state index contributed by atoms with van der Waals surface area (Å²) in [6.07, 6.45) is 0. The summed E-state index contributed by atoms with van der Waals surface area (Å²) in [5.74, 6) is -0.255. The van der Waals surface area contributed by atoms with Gasteiger partial charge in [0.2, 0.25) is 5.91 Å². The second-order valence-electron chi connectivity index (χ2n) is 3.25. The van der Waals surface area contributed by atoms with Crippen LogP contribution < -0.4 is 10.6 Å². The summed E-state index contributed by atoms with van der Waals surface area (Å²) in [7, 11) is 0. The third-order valence-corrected chi connectivity index (χ3v) is 2.12. The zero-order valence-corrected chi connectivity index (χ0v) is 8.06. The molecule has 0 atom stereocenters. The maximum absolute atomic E-state index is 11.2. The highest BCUT2D eigenvalue weighted by Gasteiger charge is 2.25. The summed E-state index contributed by atoms with van der Waals surface area (Å²) in [5.41, 5.74) is 0.921. The fourth-order valence-electron chi connectivity index (χ4n) is 1.35. The van der Waals surface area contributed by atoms with Crippen molar-refractivity contribution in [1.82, 2.24) is 10.2 Å². The molecule has 1 heterocycles. The van der Waals surface area contributed by atoms with Crippen molar-refractivity contribution in [2.75, 3.05) is 18.5 Å². The molecule has 1 saturated heterocycles. The lowest BCUT2D eigenvalue weighted by molar-refractivity contribution is -0.118. The Hall–Kier alpha value is -2.04. The lowest BCUT2D eigenvalue weighted by Gasteiger charge is -2.14. The van der Waals surface area contributed by atoms with E-state index in [0.29, 0.717) is 6.67 Å². The Kier molecular flexibility index (Phi) is 2.53. The average molecular weight is 205 g/mol. The molecule has 5 nitrogen and oxygen atoms in total. The molecule has 2 rings (SSSR count). The van der Waals surface area contributed by atoms with Gasteiger partial charge in [-0.15, -0.1) is 0 Å². The van der Waals surface area contributed by atoms with Crippen molar-refractivity contribution >= 4 is 17.6 Å². The largest absolute Gasteiger partial charge is 0.368 e. The molecule has 2 N–H and O–H groups in total. The van der Waals surface area contributed by atoms with Gasteiger partial charge in [-0.3, -0.25) is 15.0 Å². The third-order valence-electron chi connectivity index (χ3n) is 2.12. The Balaban J connectivity index is 1.89. The third kappa shape index (κ3) is 2.25. The first-order valence-electron chi connectivity index (χ1n) is 4.63. The Bertz CT molecular complexity index is 378. The van der Waals surface area contributed by atoms with Gasteiger partial charge in [-0.25, -0.2) is 4.79 Å². The summed E-state index contributed by atoms with van der Waals surface area (Å²) in [4.78, 5) is 23.4. The summed E-state index contributed by atoms with van der Waals surface area (Å²) < 4.78 is 0. The highest BCUT2D eigenvalue weighted by Crippen LogP contribution is 2.06. The lowest BCUT2D eigenvalue weighted by Crippen LogP contribution is -2.32. The van der Waals surface area contributed by atoms with Crippen LogP contribution in [-0.2, 0) is 4.79 Å². The number of nitrogens with zero attached hydrogens (tertiary/aromatic N) is 1. The molecule has 1 aliphatic rings. The number of imide groups is 1. The molecule has 0 bridgehead atoms. The van der Waals surface area contributed by atoms with Crippen molar-refractivity contribution in [3.8, 4) is 0 Å². The van der Waals surface area contributed by atoms with Gasteiger partial charge in [0.05, 0.1) is 6.67 Å². The number of carbonyl (C=O) groups is 2. The maximum atomic E-state index is 11.2. The van der Waals surface area contributed by atoms with Crippen LogP contribution in [0, 0.1) is 0 Å². The van der Waals surface area contributed by atoms with Gasteiger partial charge in [-0.2, -0.15) is 0 Å². The molecule has 1 aliphatic heterocycles. The van der Waals surface area contributed by atoms with Gasteiger partial charge in [-0.1, -0.05) is 18.2 Å². The Morgan fingerprint density at radius 2 is 2.00 bits per heavy atom. The number of benzene rings is 1. The van der Waals surface area contributed by atoms with Gasteiger partial charge >= 0.3 is 6.03 Å². The first-order valence-corrected chi connectivity index (χ1v) is 4.63. The average Bonchev–Trinajstić information content (AvgIpc) is 2.56. The SMILES string of the molecule is O=C1CN(CNc2ccccc2)C(=O)N1. The Morgan fingerprint density at radius 3 is 2.60 bits per heavy atom. The van der Waals surface area contributed by atoms with Crippen molar-refractivity contribution in [2.24, 2.45) is 0 Å². The van der Waals surface area contributed by atoms with Crippen LogP contribution in [-0.4, -0.2) is 30.1 Å². The van der Waals surface area contributed by atoms with Gasteiger partial charge in [0.25, 0.3) is 0 Å². The van der Waals surface area contributed by atoms with Gasteiger partial charge in [0, 0.05) is 5.69 Å². The maximum Gasteiger partial charge on any atom is 0.325 e. The molecule has 0 spiro atoms. The second kappa shape index (κ2) is 4.00. The standard InChI is InChI=1S/C10H11N3O2/c14-9-6-13(10(15)12-9)7-11-8-4-2-1-3-5-8/h1-5,11H,6-7H2,(H,12,14,15). The minimum absolute atomic E-state index is 0.124. The smallest absolute Gasteiger partial charge is 0.325 e. The minimum atomic E-state index is -0.344. The van der Waals surface area contributed by atoms with Crippen molar-refractivity contribution < 1.29 is 9.59 Å². The minimum Gasteiger partial charge on any atom is -0.368 e. The number of para-hydroxylation sites is 1. The lowest BCUT2D eigenvalue weighted by atomic mass is 10.3. The molecule has 0 aliphatic carbocycles. The normalized spacial score (nSPS) is 15.3. The number of carbonyl (C=O) groups excluding carboxylic acids is 2. The van der Waals surface area contributed by atoms with Crippen LogP contribution >= 0.6 is 0 Å². The van der Waals surface area contributed by atoms with Crippen molar-refractivity contribution in [3.63, 3.8) is 0 Å². The fraction of sp³-hybridized carbons (Fsp3) is 0.200. The first kappa shape index (κ1) is 9.51. The van der Waals surface area contributed by atoms with Crippen LogP contribution in [0.4, 0.5) is 10.5 Å². The van der Waals surface area contributed by atoms with Crippen LogP contribution in [0.2, 0.25) is 0 Å². The highest BCUT2D eigenvalue weighted by atomic mass is 16.2. The predicted octanol–water partition coefficient (Wildman–Crippen LogP) is 0.608. The number of rotatable bonds is 3. The molecule has 0 radical (unpaired) electrons. The van der Waals surface area contributed by atoms with Crippen LogP contribution in [0.15, 0.2) is 30.3 Å². The Morgan fingerprint density at radius 1 is 1.27 bits per heavy atom. The molecular formula is C10H11N3O2. The second-order valence-corrected chi connectivity index (χ2v) is 3.25. The van der Waals surface area contributed by atoms with Gasteiger partial charge in [0.1, 0.15) is 6.54 Å². The number of urea groups is 1. The van der Waals surface area contributed by atoms with E-state index in [1.807, 2.05) is 30.3 Å². The van der Waals surface area contributed by atoms with E-state index in [0.717, 1.165) is 5.69 Å². The van der Waals surface area contributed by atoms with Crippen molar-refractivity contribution in [1.29, 1.82) is 0 Å². The number of anilines is 1. The van der Waals surface area contributed by atoms with E-state index in [9.17, 15) is 9.59 Å². The predicted molar refractivity (Wildman–Crippen MR) is 55.2 cm³/mol. The molecule has 0 aromatic heterocycles. The van der Waals surface area contributed by atoms with Gasteiger partial charge < -0.3 is 5.32 Å². The van der Waals surface area contributed by atoms with Crippen molar-refractivity contribution in [2.45, 2.75) is 0 Å². The molecule has 1 fully saturated rings. The van der Waals surface area contributed by atoms with E-state index in [-0.39, 0.29) is 18.5 Å².